The van der Waals surface area contributed by atoms with Crippen LogP contribution in [0.1, 0.15) is 34.6 Å². The van der Waals surface area contributed by atoms with Gasteiger partial charge in [-0.1, -0.05) is 12.1 Å². The Morgan fingerprint density at radius 2 is 1.82 bits per heavy atom. The van der Waals surface area contributed by atoms with Crippen molar-refractivity contribution in [1.82, 2.24) is 0 Å². The van der Waals surface area contributed by atoms with Crippen LogP contribution in [0.15, 0.2) is 24.3 Å². The molecule has 2 N–H and O–H groups in total. The quantitative estimate of drug-likeness (QED) is 0.431. The first-order valence-electron chi connectivity index (χ1n) is 8.24. The smallest absolute Gasteiger partial charge is 0.342 e. The SMILES string of the molecule is CC(=O)Nc1sc(C)c(C)c1C(=O)OC(C)C(=O)Nc1ccccc1[N+](=O)[O-]. The van der Waals surface area contributed by atoms with E-state index in [0.717, 1.165) is 4.88 Å². The number of thiophene rings is 1. The highest BCUT2D eigenvalue weighted by atomic mass is 32.1. The molecule has 2 rings (SSSR count). The number of hydrogen-bond acceptors (Lipinski definition) is 7. The topological polar surface area (TPSA) is 128 Å². The van der Waals surface area contributed by atoms with E-state index >= 15 is 0 Å². The number of benzene rings is 1. The molecule has 0 spiro atoms. The molecule has 1 heterocycles. The van der Waals surface area contributed by atoms with Crippen molar-refractivity contribution in [1.29, 1.82) is 0 Å². The van der Waals surface area contributed by atoms with Crippen molar-refractivity contribution in [2.75, 3.05) is 10.6 Å². The van der Waals surface area contributed by atoms with E-state index < -0.39 is 22.9 Å². The zero-order valence-electron chi connectivity index (χ0n) is 15.7. The second-order valence-electron chi connectivity index (χ2n) is 5.98. The molecular formula is C18H19N3O6S. The van der Waals surface area contributed by atoms with Crippen LogP contribution >= 0.6 is 11.3 Å². The van der Waals surface area contributed by atoms with E-state index in [1.54, 1.807) is 13.8 Å². The monoisotopic (exact) mass is 405 g/mol. The number of carbonyl (C=O) groups excluding carboxylic acids is 3. The minimum Gasteiger partial charge on any atom is -0.449 e. The summed E-state index contributed by atoms with van der Waals surface area (Å²) in [6.45, 7) is 6.19. The van der Waals surface area contributed by atoms with Crippen LogP contribution < -0.4 is 10.6 Å². The lowest BCUT2D eigenvalue weighted by Crippen LogP contribution is -2.30. The number of aryl methyl sites for hydroxylation is 1. The molecule has 0 fully saturated rings. The van der Waals surface area contributed by atoms with Crippen LogP contribution in [0.2, 0.25) is 0 Å². The third-order valence-corrected chi connectivity index (χ3v) is 5.01. The zero-order chi connectivity index (χ0) is 21.0. The number of ether oxygens (including phenoxy) is 1. The molecule has 1 unspecified atom stereocenters. The normalized spacial score (nSPS) is 11.4. The molecule has 0 bridgehead atoms. The minimum absolute atomic E-state index is 0.00175. The molecular weight excluding hydrogens is 386 g/mol. The number of carbonyl (C=O) groups is 3. The molecule has 2 aromatic rings. The average molecular weight is 405 g/mol. The van der Waals surface area contributed by atoms with Crippen LogP contribution in [0.25, 0.3) is 0 Å². The summed E-state index contributed by atoms with van der Waals surface area (Å²) in [7, 11) is 0. The summed E-state index contributed by atoms with van der Waals surface area (Å²) in [6.07, 6.45) is -1.21. The van der Waals surface area contributed by atoms with Gasteiger partial charge in [0.2, 0.25) is 5.91 Å². The number of esters is 1. The summed E-state index contributed by atoms with van der Waals surface area (Å²) in [6, 6.07) is 5.65. The number of nitro groups is 1. The molecule has 1 atom stereocenters. The van der Waals surface area contributed by atoms with E-state index in [0.29, 0.717) is 10.6 Å². The van der Waals surface area contributed by atoms with Gasteiger partial charge in [0.25, 0.3) is 11.6 Å². The summed E-state index contributed by atoms with van der Waals surface area (Å²) in [5.74, 6) is -1.82. The van der Waals surface area contributed by atoms with E-state index in [1.165, 1.54) is 49.4 Å². The van der Waals surface area contributed by atoms with Gasteiger partial charge < -0.3 is 15.4 Å². The maximum atomic E-state index is 12.6. The highest BCUT2D eigenvalue weighted by Crippen LogP contribution is 2.33. The molecule has 1 aromatic carbocycles. The first kappa shape index (κ1) is 21.0. The number of hydrogen-bond donors (Lipinski definition) is 2. The summed E-state index contributed by atoms with van der Waals surface area (Å²) in [5, 5.41) is 16.4. The van der Waals surface area contributed by atoms with Crippen LogP contribution in [-0.2, 0) is 14.3 Å². The highest BCUT2D eigenvalue weighted by Gasteiger charge is 2.26. The average Bonchev–Trinajstić information content (AvgIpc) is 2.88. The Morgan fingerprint density at radius 3 is 2.43 bits per heavy atom. The van der Waals surface area contributed by atoms with Gasteiger partial charge in [0.15, 0.2) is 6.10 Å². The van der Waals surface area contributed by atoms with E-state index in [-0.39, 0.29) is 22.8 Å². The maximum absolute atomic E-state index is 12.6. The van der Waals surface area contributed by atoms with Crippen LogP contribution in [0, 0.1) is 24.0 Å². The molecule has 2 amide bonds. The molecule has 0 radical (unpaired) electrons. The Morgan fingerprint density at radius 1 is 1.18 bits per heavy atom. The van der Waals surface area contributed by atoms with Gasteiger partial charge in [-0.15, -0.1) is 11.3 Å². The van der Waals surface area contributed by atoms with Gasteiger partial charge in [-0.3, -0.25) is 19.7 Å². The molecule has 10 heteroatoms. The number of amides is 2. The molecule has 1 aromatic heterocycles. The van der Waals surface area contributed by atoms with Gasteiger partial charge in [0.05, 0.1) is 10.5 Å². The van der Waals surface area contributed by atoms with Crippen molar-refractivity contribution in [3.05, 3.63) is 50.4 Å². The summed E-state index contributed by atoms with van der Waals surface area (Å²) >= 11 is 1.23. The number of anilines is 2. The highest BCUT2D eigenvalue weighted by molar-refractivity contribution is 7.16. The van der Waals surface area contributed by atoms with Crippen molar-refractivity contribution in [3.8, 4) is 0 Å². The number of para-hydroxylation sites is 2. The third-order valence-electron chi connectivity index (χ3n) is 3.89. The van der Waals surface area contributed by atoms with E-state index in [4.69, 9.17) is 4.74 Å². The van der Waals surface area contributed by atoms with Crippen molar-refractivity contribution in [2.24, 2.45) is 0 Å². The maximum Gasteiger partial charge on any atom is 0.342 e. The van der Waals surface area contributed by atoms with Gasteiger partial charge in [0, 0.05) is 17.9 Å². The van der Waals surface area contributed by atoms with E-state index in [9.17, 15) is 24.5 Å². The zero-order valence-corrected chi connectivity index (χ0v) is 16.5. The van der Waals surface area contributed by atoms with Crippen LogP contribution in [0.4, 0.5) is 16.4 Å². The first-order valence-corrected chi connectivity index (χ1v) is 9.06. The molecule has 9 nitrogen and oxygen atoms in total. The third kappa shape index (κ3) is 4.71. The number of nitrogens with zero attached hydrogens (tertiary/aromatic N) is 1. The van der Waals surface area contributed by atoms with Gasteiger partial charge >= 0.3 is 5.97 Å². The number of nitro benzene ring substituents is 1. The summed E-state index contributed by atoms with van der Waals surface area (Å²) < 4.78 is 5.22. The van der Waals surface area contributed by atoms with Crippen LogP contribution in [0.3, 0.4) is 0 Å². The lowest BCUT2D eigenvalue weighted by Gasteiger charge is -2.14. The van der Waals surface area contributed by atoms with Crippen LogP contribution in [-0.4, -0.2) is 28.8 Å². The van der Waals surface area contributed by atoms with Gasteiger partial charge in [-0.2, -0.15) is 0 Å². The second kappa shape index (κ2) is 8.61. The lowest BCUT2D eigenvalue weighted by molar-refractivity contribution is -0.383. The van der Waals surface area contributed by atoms with Gasteiger partial charge in [-0.25, -0.2) is 4.79 Å². The fourth-order valence-electron chi connectivity index (χ4n) is 2.37. The summed E-state index contributed by atoms with van der Waals surface area (Å²) in [5.41, 5.74) is 0.557. The van der Waals surface area contributed by atoms with Gasteiger partial charge in [-0.05, 0) is 32.4 Å². The molecule has 0 saturated carbocycles. The molecule has 0 aliphatic rings. The predicted molar refractivity (Wildman–Crippen MR) is 105 cm³/mol. The van der Waals surface area contributed by atoms with Crippen molar-refractivity contribution in [3.63, 3.8) is 0 Å². The van der Waals surface area contributed by atoms with E-state index in [2.05, 4.69) is 10.6 Å². The Kier molecular flexibility index (Phi) is 6.47. The van der Waals surface area contributed by atoms with Crippen molar-refractivity contribution in [2.45, 2.75) is 33.8 Å². The fourth-order valence-corrected chi connectivity index (χ4v) is 3.46. The Hall–Kier alpha value is -3.27. The van der Waals surface area contributed by atoms with Gasteiger partial charge in [0.1, 0.15) is 10.7 Å². The van der Waals surface area contributed by atoms with Crippen LogP contribution in [0.5, 0.6) is 0 Å². The van der Waals surface area contributed by atoms with Crippen molar-refractivity contribution >= 4 is 45.5 Å². The molecule has 0 saturated heterocycles. The largest absolute Gasteiger partial charge is 0.449 e. The van der Waals surface area contributed by atoms with E-state index in [1.807, 2.05) is 0 Å². The number of nitrogens with one attached hydrogen (secondary N) is 2. The Bertz CT molecular complexity index is 953. The lowest BCUT2D eigenvalue weighted by atomic mass is 10.1. The minimum atomic E-state index is -1.21. The Balaban J connectivity index is 2.16. The predicted octanol–water partition coefficient (Wildman–Crippen LogP) is 3.42. The molecule has 0 aliphatic carbocycles. The standard InChI is InChI=1S/C18H19N3O6S/c1-9-11(3)28-17(19-12(4)22)15(9)18(24)27-10(2)16(23)20-13-7-5-6-8-14(13)21(25)26/h5-8,10H,1-4H3,(H,19,22)(H,20,23). The second-order valence-corrected chi connectivity index (χ2v) is 7.20. The van der Waals surface area contributed by atoms with Crippen molar-refractivity contribution < 1.29 is 24.0 Å². The fraction of sp³-hybridized carbons (Fsp3) is 0.278. The summed E-state index contributed by atoms with van der Waals surface area (Å²) in [4.78, 5) is 47.5. The number of rotatable bonds is 6. The molecule has 28 heavy (non-hydrogen) atoms. The molecule has 0 aliphatic heterocycles. The first-order chi connectivity index (χ1) is 13.1. The Labute approximate surface area is 164 Å². The molecule has 148 valence electrons.